The Labute approximate surface area is 157 Å². The molecule has 6 heteroatoms. The first-order chi connectivity index (χ1) is 12.4. The lowest BCUT2D eigenvalue weighted by molar-refractivity contribution is -0.171. The Morgan fingerprint density at radius 3 is 2.73 bits per heavy atom. The molecule has 1 aliphatic rings. The number of hydrogen-bond acceptors (Lipinski definition) is 3. The van der Waals surface area contributed by atoms with Crippen molar-refractivity contribution in [3.8, 4) is 0 Å². The first-order valence-corrected chi connectivity index (χ1v) is 9.49. The van der Waals surface area contributed by atoms with Gasteiger partial charge < -0.3 is 14.8 Å². The maximum atomic E-state index is 12.0. The molecule has 0 fully saturated rings. The summed E-state index contributed by atoms with van der Waals surface area (Å²) in [6.07, 6.45) is 3.31. The van der Waals surface area contributed by atoms with Gasteiger partial charge in [0.25, 0.3) is 0 Å². The van der Waals surface area contributed by atoms with Gasteiger partial charge in [-0.05, 0) is 55.9 Å². The van der Waals surface area contributed by atoms with E-state index in [2.05, 4.69) is 4.98 Å². The fourth-order valence-electron chi connectivity index (χ4n) is 4.29. The number of esters is 1. The van der Waals surface area contributed by atoms with Crippen LogP contribution in [0, 0.1) is 5.92 Å². The van der Waals surface area contributed by atoms with Crippen LogP contribution in [0.3, 0.4) is 0 Å². The van der Waals surface area contributed by atoms with Crippen molar-refractivity contribution in [3.63, 3.8) is 0 Å². The SMILES string of the molecule is CCC(CC)(OC(=O)CC(=O)O)C1CCc2c([nH]c3ccc(Cl)cc23)C1. The number of halogens is 1. The van der Waals surface area contributed by atoms with Crippen molar-refractivity contribution in [3.05, 3.63) is 34.5 Å². The molecule has 140 valence electrons. The number of H-pyrrole nitrogens is 1. The predicted octanol–water partition coefficient (Wildman–Crippen LogP) is 4.50. The summed E-state index contributed by atoms with van der Waals surface area (Å²) in [5, 5.41) is 10.7. The largest absolute Gasteiger partial charge is 0.481 e. The minimum absolute atomic E-state index is 0.159. The van der Waals surface area contributed by atoms with E-state index in [1.165, 1.54) is 11.3 Å². The normalized spacial score (nSPS) is 17.1. The highest BCUT2D eigenvalue weighted by atomic mass is 35.5. The van der Waals surface area contributed by atoms with Gasteiger partial charge in [0, 0.05) is 27.5 Å². The van der Waals surface area contributed by atoms with Crippen molar-refractivity contribution in [1.29, 1.82) is 0 Å². The van der Waals surface area contributed by atoms with E-state index in [4.69, 9.17) is 21.4 Å². The number of aliphatic carboxylic acids is 1. The molecule has 1 aliphatic carbocycles. The van der Waals surface area contributed by atoms with Crippen LogP contribution >= 0.6 is 11.6 Å². The van der Waals surface area contributed by atoms with Gasteiger partial charge in [0.15, 0.2) is 0 Å². The molecule has 26 heavy (non-hydrogen) atoms. The molecule has 5 nitrogen and oxygen atoms in total. The van der Waals surface area contributed by atoms with Gasteiger partial charge in [0.1, 0.15) is 12.0 Å². The summed E-state index contributed by atoms with van der Waals surface area (Å²) in [6.45, 7) is 4.00. The Balaban J connectivity index is 1.87. The molecule has 1 aromatic carbocycles. The maximum Gasteiger partial charge on any atom is 0.317 e. The zero-order chi connectivity index (χ0) is 18.9. The smallest absolute Gasteiger partial charge is 0.317 e. The third kappa shape index (κ3) is 3.45. The number of rotatable bonds is 6. The lowest BCUT2D eigenvalue weighted by atomic mass is 9.73. The van der Waals surface area contributed by atoms with Crippen molar-refractivity contribution in [2.45, 2.75) is 58.0 Å². The standard InChI is InChI=1S/C20H24ClNO4/c1-3-20(4-2,26-19(25)11-18(23)24)12-5-7-14-15-10-13(21)6-8-16(15)22-17(14)9-12/h6,8,10,12,22H,3-5,7,9,11H2,1-2H3,(H,23,24). The predicted molar refractivity (Wildman–Crippen MR) is 100 cm³/mol. The van der Waals surface area contributed by atoms with Crippen molar-refractivity contribution in [2.75, 3.05) is 0 Å². The molecule has 0 aliphatic heterocycles. The number of nitrogens with one attached hydrogen (secondary N) is 1. The minimum atomic E-state index is -1.16. The number of fused-ring (bicyclic) bond motifs is 3. The van der Waals surface area contributed by atoms with Gasteiger partial charge in [-0.15, -0.1) is 0 Å². The molecular weight excluding hydrogens is 354 g/mol. The van der Waals surface area contributed by atoms with Crippen molar-refractivity contribution < 1.29 is 19.4 Å². The number of carboxylic acids is 1. The number of aryl methyl sites for hydroxylation is 1. The van der Waals surface area contributed by atoms with E-state index in [9.17, 15) is 9.59 Å². The molecule has 1 aromatic heterocycles. The average Bonchev–Trinajstić information content (AvgIpc) is 2.96. The Kier molecular flexibility index (Phi) is 5.28. The quantitative estimate of drug-likeness (QED) is 0.573. The van der Waals surface area contributed by atoms with Gasteiger partial charge in [-0.2, -0.15) is 0 Å². The average molecular weight is 378 g/mol. The first kappa shape index (κ1) is 18.8. The van der Waals surface area contributed by atoms with E-state index in [1.54, 1.807) is 0 Å². The molecule has 3 rings (SSSR count). The molecule has 2 N–H and O–H groups in total. The number of carboxylic acid groups (broad SMARTS) is 1. The van der Waals surface area contributed by atoms with Crippen LogP contribution in [0.15, 0.2) is 18.2 Å². The molecule has 0 spiro atoms. The second-order valence-electron chi connectivity index (χ2n) is 7.03. The molecule has 1 atom stereocenters. The lowest BCUT2D eigenvalue weighted by Gasteiger charge is -2.41. The number of aromatic nitrogens is 1. The van der Waals surface area contributed by atoms with Gasteiger partial charge in [-0.25, -0.2) is 0 Å². The van der Waals surface area contributed by atoms with Gasteiger partial charge in [-0.3, -0.25) is 9.59 Å². The highest BCUT2D eigenvalue weighted by Gasteiger charge is 2.41. The summed E-state index contributed by atoms with van der Waals surface area (Å²) < 4.78 is 5.74. The highest BCUT2D eigenvalue weighted by Crippen LogP contribution is 2.41. The second kappa shape index (κ2) is 7.31. The summed E-state index contributed by atoms with van der Waals surface area (Å²) in [5.41, 5.74) is 2.90. The Bertz CT molecular complexity index is 838. The lowest BCUT2D eigenvalue weighted by Crippen LogP contribution is -2.44. The molecular formula is C20H24ClNO4. The fourth-order valence-corrected chi connectivity index (χ4v) is 4.46. The minimum Gasteiger partial charge on any atom is -0.481 e. The van der Waals surface area contributed by atoms with Gasteiger partial charge in [0.2, 0.25) is 0 Å². The summed E-state index contributed by atoms with van der Waals surface area (Å²) in [5.74, 6) is -1.66. The van der Waals surface area contributed by atoms with Gasteiger partial charge in [0.05, 0.1) is 0 Å². The Morgan fingerprint density at radius 2 is 2.08 bits per heavy atom. The fraction of sp³-hybridized carbons (Fsp3) is 0.500. The molecule has 1 heterocycles. The summed E-state index contributed by atoms with van der Waals surface area (Å²) in [4.78, 5) is 26.3. The highest BCUT2D eigenvalue weighted by molar-refractivity contribution is 6.31. The number of ether oxygens (including phenoxy) is 1. The summed E-state index contributed by atoms with van der Waals surface area (Å²) in [6, 6.07) is 5.86. The zero-order valence-corrected chi connectivity index (χ0v) is 15.9. The van der Waals surface area contributed by atoms with Crippen LogP contribution < -0.4 is 0 Å². The number of carbonyl (C=O) groups excluding carboxylic acids is 1. The number of benzene rings is 1. The van der Waals surface area contributed by atoms with E-state index < -0.39 is 24.0 Å². The molecule has 1 unspecified atom stereocenters. The number of hydrogen-bond donors (Lipinski definition) is 2. The van der Waals surface area contributed by atoms with E-state index >= 15 is 0 Å². The summed E-state index contributed by atoms with van der Waals surface area (Å²) in [7, 11) is 0. The monoisotopic (exact) mass is 377 g/mol. The maximum absolute atomic E-state index is 12.0. The van der Waals surface area contributed by atoms with E-state index in [0.29, 0.717) is 12.8 Å². The molecule has 0 bridgehead atoms. The van der Waals surface area contributed by atoms with Crippen molar-refractivity contribution >= 4 is 34.4 Å². The number of carbonyl (C=O) groups is 2. The van der Waals surface area contributed by atoms with Crippen LogP contribution in [0.5, 0.6) is 0 Å². The van der Waals surface area contributed by atoms with Crippen LogP contribution in [0.4, 0.5) is 0 Å². The Morgan fingerprint density at radius 1 is 1.35 bits per heavy atom. The van der Waals surface area contributed by atoms with E-state index in [-0.39, 0.29) is 5.92 Å². The van der Waals surface area contributed by atoms with Crippen LogP contribution in [0.25, 0.3) is 10.9 Å². The third-order valence-electron chi connectivity index (χ3n) is 5.70. The van der Waals surface area contributed by atoms with Crippen LogP contribution in [-0.2, 0) is 27.2 Å². The van der Waals surface area contributed by atoms with Crippen molar-refractivity contribution in [1.82, 2.24) is 4.98 Å². The first-order valence-electron chi connectivity index (χ1n) is 9.11. The van der Waals surface area contributed by atoms with Crippen LogP contribution in [0.2, 0.25) is 5.02 Å². The molecule has 0 saturated carbocycles. The molecule has 0 radical (unpaired) electrons. The van der Waals surface area contributed by atoms with E-state index in [1.807, 2.05) is 32.0 Å². The molecule has 2 aromatic rings. The Hall–Kier alpha value is -2.01. The van der Waals surface area contributed by atoms with Crippen molar-refractivity contribution in [2.24, 2.45) is 5.92 Å². The number of aromatic amines is 1. The van der Waals surface area contributed by atoms with Gasteiger partial charge >= 0.3 is 11.9 Å². The zero-order valence-electron chi connectivity index (χ0n) is 15.1. The van der Waals surface area contributed by atoms with Crippen LogP contribution in [-0.4, -0.2) is 27.6 Å². The summed E-state index contributed by atoms with van der Waals surface area (Å²) >= 11 is 6.14. The second-order valence-corrected chi connectivity index (χ2v) is 7.46. The van der Waals surface area contributed by atoms with Gasteiger partial charge in [-0.1, -0.05) is 25.4 Å². The molecule has 0 amide bonds. The molecule has 0 saturated heterocycles. The van der Waals surface area contributed by atoms with Crippen LogP contribution in [0.1, 0.15) is 50.8 Å². The topological polar surface area (TPSA) is 79.4 Å². The van der Waals surface area contributed by atoms with E-state index in [0.717, 1.165) is 35.2 Å². The third-order valence-corrected chi connectivity index (χ3v) is 5.94.